The molecule has 3 aromatic carbocycles. The van der Waals surface area contributed by atoms with E-state index in [0.29, 0.717) is 17.8 Å². The van der Waals surface area contributed by atoms with Crippen LogP contribution in [0.4, 0.5) is 5.69 Å². The number of benzene rings is 3. The summed E-state index contributed by atoms with van der Waals surface area (Å²) in [4.78, 5) is 14.5. The van der Waals surface area contributed by atoms with Crippen molar-refractivity contribution in [1.82, 2.24) is 4.90 Å². The highest BCUT2D eigenvalue weighted by molar-refractivity contribution is 7.92. The first-order valence-electron chi connectivity index (χ1n) is 8.84. The Labute approximate surface area is 165 Å². The number of sulfonamides is 1. The molecule has 1 N–H and O–H groups in total. The molecule has 3 aromatic rings. The lowest BCUT2D eigenvalue weighted by molar-refractivity contribution is 0.0785. The normalized spacial score (nSPS) is 11.1. The van der Waals surface area contributed by atoms with E-state index in [1.54, 1.807) is 54.4 Å². The van der Waals surface area contributed by atoms with Crippen molar-refractivity contribution in [2.75, 3.05) is 11.8 Å². The van der Waals surface area contributed by atoms with Crippen molar-refractivity contribution in [2.45, 2.75) is 18.4 Å². The maximum Gasteiger partial charge on any atom is 0.261 e. The Bertz CT molecular complexity index is 1060. The van der Waals surface area contributed by atoms with E-state index in [4.69, 9.17) is 0 Å². The van der Waals surface area contributed by atoms with Crippen LogP contribution in [0.2, 0.25) is 0 Å². The number of anilines is 1. The molecule has 6 heteroatoms. The maximum absolute atomic E-state index is 12.8. The van der Waals surface area contributed by atoms with Crippen molar-refractivity contribution in [3.8, 4) is 0 Å². The van der Waals surface area contributed by atoms with Gasteiger partial charge in [-0.1, -0.05) is 54.1 Å². The monoisotopic (exact) mass is 394 g/mol. The number of carbonyl (C=O) groups excluding carboxylic acids is 1. The molecule has 0 fully saturated rings. The predicted molar refractivity (Wildman–Crippen MR) is 111 cm³/mol. The number of amides is 1. The molecule has 3 rings (SSSR count). The van der Waals surface area contributed by atoms with E-state index in [1.807, 2.05) is 31.2 Å². The summed E-state index contributed by atoms with van der Waals surface area (Å²) in [6, 6.07) is 22.6. The molecule has 0 atom stereocenters. The molecule has 0 bridgehead atoms. The van der Waals surface area contributed by atoms with Gasteiger partial charge in [0.05, 0.1) is 4.90 Å². The molecule has 0 heterocycles. The highest BCUT2D eigenvalue weighted by Gasteiger charge is 2.16. The third-order valence-corrected chi connectivity index (χ3v) is 5.70. The number of aryl methyl sites for hydroxylation is 1. The second kappa shape index (κ2) is 8.27. The molecular weight excluding hydrogens is 372 g/mol. The maximum atomic E-state index is 12.8. The summed E-state index contributed by atoms with van der Waals surface area (Å²) in [5.41, 5.74) is 2.96. The van der Waals surface area contributed by atoms with Gasteiger partial charge in [-0.05, 0) is 42.8 Å². The lowest BCUT2D eigenvalue weighted by Crippen LogP contribution is -2.26. The third-order valence-electron chi connectivity index (χ3n) is 4.30. The molecule has 0 saturated carbocycles. The number of carbonyl (C=O) groups is 1. The first-order valence-corrected chi connectivity index (χ1v) is 10.3. The second-order valence-corrected chi connectivity index (χ2v) is 8.33. The van der Waals surface area contributed by atoms with E-state index in [9.17, 15) is 13.2 Å². The predicted octanol–water partition coefficient (Wildman–Crippen LogP) is 4.07. The SMILES string of the molecule is Cc1ccc(CN(C)C(=O)c2cccc(NS(=O)(=O)c3ccccc3)c2)cc1. The zero-order valence-electron chi connectivity index (χ0n) is 15.8. The molecular formula is C22H22N2O3S. The van der Waals surface area contributed by atoms with Gasteiger partial charge in [-0.15, -0.1) is 0 Å². The lowest BCUT2D eigenvalue weighted by atomic mass is 10.1. The molecule has 144 valence electrons. The van der Waals surface area contributed by atoms with Crippen LogP contribution in [-0.4, -0.2) is 26.3 Å². The summed E-state index contributed by atoms with van der Waals surface area (Å²) in [6.45, 7) is 2.49. The van der Waals surface area contributed by atoms with Gasteiger partial charge in [0.25, 0.3) is 15.9 Å². The van der Waals surface area contributed by atoms with E-state index in [2.05, 4.69) is 4.72 Å². The summed E-state index contributed by atoms with van der Waals surface area (Å²) in [5.74, 6) is -0.179. The van der Waals surface area contributed by atoms with Gasteiger partial charge in [0.1, 0.15) is 0 Å². The number of nitrogens with zero attached hydrogens (tertiary/aromatic N) is 1. The van der Waals surface area contributed by atoms with Gasteiger partial charge in [0.2, 0.25) is 0 Å². The smallest absolute Gasteiger partial charge is 0.261 e. The van der Waals surface area contributed by atoms with Crippen LogP contribution in [-0.2, 0) is 16.6 Å². The van der Waals surface area contributed by atoms with Gasteiger partial charge in [-0.2, -0.15) is 0 Å². The number of nitrogens with one attached hydrogen (secondary N) is 1. The zero-order valence-corrected chi connectivity index (χ0v) is 16.6. The first-order chi connectivity index (χ1) is 13.3. The Morgan fingerprint density at radius 1 is 0.929 bits per heavy atom. The molecule has 0 spiro atoms. The van der Waals surface area contributed by atoms with Crippen LogP contribution in [0.5, 0.6) is 0 Å². The quantitative estimate of drug-likeness (QED) is 0.685. The van der Waals surface area contributed by atoms with Crippen molar-refractivity contribution in [3.63, 3.8) is 0 Å². The van der Waals surface area contributed by atoms with Crippen molar-refractivity contribution in [1.29, 1.82) is 0 Å². The third kappa shape index (κ3) is 4.78. The summed E-state index contributed by atoms with van der Waals surface area (Å²) in [6.07, 6.45) is 0. The minimum absolute atomic E-state index is 0.170. The van der Waals surface area contributed by atoms with Gasteiger partial charge >= 0.3 is 0 Å². The number of rotatable bonds is 6. The summed E-state index contributed by atoms with van der Waals surface area (Å²) in [5, 5.41) is 0. The Morgan fingerprint density at radius 3 is 2.29 bits per heavy atom. The Balaban J connectivity index is 1.75. The minimum Gasteiger partial charge on any atom is -0.337 e. The van der Waals surface area contributed by atoms with Gasteiger partial charge < -0.3 is 4.90 Å². The highest BCUT2D eigenvalue weighted by atomic mass is 32.2. The topological polar surface area (TPSA) is 66.5 Å². The minimum atomic E-state index is -3.70. The van der Waals surface area contributed by atoms with E-state index in [1.165, 1.54) is 12.1 Å². The van der Waals surface area contributed by atoms with E-state index in [-0.39, 0.29) is 10.8 Å². The fraction of sp³-hybridized carbons (Fsp3) is 0.136. The van der Waals surface area contributed by atoms with Gasteiger partial charge in [0.15, 0.2) is 0 Å². The van der Waals surface area contributed by atoms with Crippen LogP contribution >= 0.6 is 0 Å². The molecule has 0 unspecified atom stereocenters. The Kier molecular flexibility index (Phi) is 5.80. The molecule has 0 saturated heterocycles. The van der Waals surface area contributed by atoms with Gasteiger partial charge in [0, 0.05) is 24.8 Å². The van der Waals surface area contributed by atoms with Gasteiger partial charge in [-0.25, -0.2) is 8.42 Å². The standard InChI is InChI=1S/C22H22N2O3S/c1-17-11-13-18(14-12-17)16-24(2)22(25)19-7-6-8-20(15-19)23-28(26,27)21-9-4-3-5-10-21/h3-15,23H,16H2,1-2H3. The van der Waals surface area contributed by atoms with Crippen LogP contribution in [0, 0.1) is 6.92 Å². The van der Waals surface area contributed by atoms with Crippen molar-refractivity contribution in [3.05, 3.63) is 95.6 Å². The van der Waals surface area contributed by atoms with Crippen molar-refractivity contribution < 1.29 is 13.2 Å². The van der Waals surface area contributed by atoms with Gasteiger partial charge in [-0.3, -0.25) is 9.52 Å². The summed E-state index contributed by atoms with van der Waals surface area (Å²) >= 11 is 0. The Hall–Kier alpha value is -3.12. The van der Waals surface area contributed by atoms with Crippen LogP contribution in [0.3, 0.4) is 0 Å². The van der Waals surface area contributed by atoms with E-state index >= 15 is 0 Å². The highest BCUT2D eigenvalue weighted by Crippen LogP contribution is 2.18. The first kappa shape index (κ1) is 19.6. The molecule has 28 heavy (non-hydrogen) atoms. The van der Waals surface area contributed by atoms with E-state index < -0.39 is 10.0 Å². The van der Waals surface area contributed by atoms with Crippen molar-refractivity contribution in [2.24, 2.45) is 0 Å². The van der Waals surface area contributed by atoms with E-state index in [0.717, 1.165) is 11.1 Å². The molecule has 0 aromatic heterocycles. The summed E-state index contributed by atoms with van der Waals surface area (Å²) in [7, 11) is -1.98. The summed E-state index contributed by atoms with van der Waals surface area (Å²) < 4.78 is 27.5. The number of hydrogen-bond donors (Lipinski definition) is 1. The largest absolute Gasteiger partial charge is 0.337 e. The van der Waals surface area contributed by atoms with Crippen LogP contribution < -0.4 is 4.72 Å². The zero-order chi connectivity index (χ0) is 20.1. The van der Waals surface area contributed by atoms with Crippen LogP contribution in [0.25, 0.3) is 0 Å². The molecule has 1 amide bonds. The molecule has 0 aliphatic carbocycles. The Morgan fingerprint density at radius 2 is 1.61 bits per heavy atom. The lowest BCUT2D eigenvalue weighted by Gasteiger charge is -2.18. The van der Waals surface area contributed by atoms with Crippen molar-refractivity contribution >= 4 is 21.6 Å². The molecule has 0 aliphatic heterocycles. The fourth-order valence-corrected chi connectivity index (χ4v) is 3.86. The second-order valence-electron chi connectivity index (χ2n) is 6.65. The van der Waals surface area contributed by atoms with Crippen LogP contribution in [0.1, 0.15) is 21.5 Å². The molecule has 0 radical (unpaired) electrons. The fourth-order valence-electron chi connectivity index (χ4n) is 2.79. The van der Waals surface area contributed by atoms with Crippen LogP contribution in [0.15, 0.2) is 83.8 Å². The molecule has 0 aliphatic rings. The number of hydrogen-bond acceptors (Lipinski definition) is 3. The average molecular weight is 394 g/mol. The molecule has 5 nitrogen and oxygen atoms in total. The average Bonchev–Trinajstić information content (AvgIpc) is 2.69.